The molecule has 1 aliphatic rings. The summed E-state index contributed by atoms with van der Waals surface area (Å²) in [5.41, 5.74) is 8.27. The first-order valence-corrected chi connectivity index (χ1v) is 6.72. The molecule has 1 aromatic rings. The Labute approximate surface area is 114 Å². The van der Waals surface area contributed by atoms with Crippen molar-refractivity contribution in [3.8, 4) is 0 Å². The first kappa shape index (κ1) is 13.9. The normalized spacial score (nSPS) is 17.7. The summed E-state index contributed by atoms with van der Waals surface area (Å²) >= 11 is 0. The number of methoxy groups -OCH3 is 1. The molecule has 1 heterocycles. The Hall–Kier alpha value is -1.55. The van der Waals surface area contributed by atoms with Crippen molar-refractivity contribution in [2.75, 3.05) is 19.4 Å². The monoisotopic (exact) mass is 262 g/mol. The molecule has 0 fully saturated rings. The second-order valence-corrected chi connectivity index (χ2v) is 5.29. The molecule has 0 saturated carbocycles. The number of hydrogen-bond acceptors (Lipinski definition) is 3. The molecule has 104 valence electrons. The molecule has 0 saturated heterocycles. The number of amides is 1. The van der Waals surface area contributed by atoms with Gasteiger partial charge in [0.15, 0.2) is 0 Å². The summed E-state index contributed by atoms with van der Waals surface area (Å²) in [6.07, 6.45) is 1.55. The number of nitrogens with two attached hydrogens (primary N) is 1. The van der Waals surface area contributed by atoms with Gasteiger partial charge in [-0.1, -0.05) is 13.0 Å². The smallest absolute Gasteiger partial charge is 0.254 e. The molecule has 1 atom stereocenters. The molecule has 4 heteroatoms. The Morgan fingerprint density at radius 1 is 1.47 bits per heavy atom. The summed E-state index contributed by atoms with van der Waals surface area (Å²) in [7, 11) is 1.59. The third-order valence-corrected chi connectivity index (χ3v) is 4.11. The highest BCUT2D eigenvalue weighted by Gasteiger charge is 2.36. The number of nitrogen functional groups attached to an aromatic ring is 1. The van der Waals surface area contributed by atoms with E-state index in [1.807, 2.05) is 30.9 Å². The Bertz CT molecular complexity index is 481. The molecule has 2 N–H and O–H groups in total. The molecule has 1 unspecified atom stereocenters. The van der Waals surface area contributed by atoms with Crippen molar-refractivity contribution in [3.63, 3.8) is 0 Å². The molecular formula is C15H22N2O2. The van der Waals surface area contributed by atoms with E-state index in [2.05, 4.69) is 6.07 Å². The molecule has 1 aromatic carbocycles. The van der Waals surface area contributed by atoms with E-state index in [0.29, 0.717) is 13.0 Å². The van der Waals surface area contributed by atoms with Crippen LogP contribution in [-0.2, 0) is 22.5 Å². The van der Waals surface area contributed by atoms with Crippen LogP contribution >= 0.6 is 0 Å². The molecule has 0 spiro atoms. The third kappa shape index (κ3) is 2.59. The van der Waals surface area contributed by atoms with Gasteiger partial charge >= 0.3 is 0 Å². The van der Waals surface area contributed by atoms with Crippen LogP contribution in [0.15, 0.2) is 18.2 Å². The molecule has 0 bridgehead atoms. The van der Waals surface area contributed by atoms with Gasteiger partial charge in [0.05, 0.1) is 0 Å². The van der Waals surface area contributed by atoms with E-state index in [0.717, 1.165) is 24.2 Å². The fourth-order valence-electron chi connectivity index (χ4n) is 2.47. The Kier molecular flexibility index (Phi) is 3.80. The molecule has 1 aliphatic heterocycles. The van der Waals surface area contributed by atoms with E-state index >= 15 is 0 Å². The lowest BCUT2D eigenvalue weighted by molar-refractivity contribution is -0.154. The Morgan fingerprint density at radius 3 is 2.84 bits per heavy atom. The van der Waals surface area contributed by atoms with Gasteiger partial charge in [0.25, 0.3) is 5.91 Å². The van der Waals surface area contributed by atoms with E-state index in [1.54, 1.807) is 7.11 Å². The SMILES string of the molecule is CCC(C)(OC)C(=O)N1CCc2ccc(N)cc2C1. The fraction of sp³-hybridized carbons (Fsp3) is 0.533. The minimum atomic E-state index is -0.724. The Morgan fingerprint density at radius 2 is 2.21 bits per heavy atom. The van der Waals surface area contributed by atoms with Crippen molar-refractivity contribution in [2.24, 2.45) is 0 Å². The van der Waals surface area contributed by atoms with Gasteiger partial charge < -0.3 is 15.4 Å². The first-order valence-electron chi connectivity index (χ1n) is 6.72. The molecule has 1 amide bonds. The van der Waals surface area contributed by atoms with Crippen LogP contribution in [0, 0.1) is 0 Å². The average molecular weight is 262 g/mol. The van der Waals surface area contributed by atoms with Crippen LogP contribution < -0.4 is 5.73 Å². The maximum Gasteiger partial charge on any atom is 0.254 e. The highest BCUT2D eigenvalue weighted by molar-refractivity contribution is 5.85. The van der Waals surface area contributed by atoms with Crippen molar-refractivity contribution in [3.05, 3.63) is 29.3 Å². The maximum atomic E-state index is 12.5. The lowest BCUT2D eigenvalue weighted by atomic mass is 9.95. The number of carbonyl (C=O) groups is 1. The van der Waals surface area contributed by atoms with Crippen LogP contribution in [0.25, 0.3) is 0 Å². The number of rotatable bonds is 3. The first-order chi connectivity index (χ1) is 9.00. The summed E-state index contributed by atoms with van der Waals surface area (Å²) < 4.78 is 5.40. The van der Waals surface area contributed by atoms with Crippen LogP contribution in [0.3, 0.4) is 0 Å². The zero-order valence-corrected chi connectivity index (χ0v) is 11.9. The number of hydrogen-bond donors (Lipinski definition) is 1. The molecule has 19 heavy (non-hydrogen) atoms. The highest BCUT2D eigenvalue weighted by Crippen LogP contribution is 2.25. The molecule has 0 aliphatic carbocycles. The lowest BCUT2D eigenvalue weighted by Crippen LogP contribution is -2.49. The number of anilines is 1. The number of ether oxygens (including phenoxy) is 1. The van der Waals surface area contributed by atoms with Crippen molar-refractivity contribution in [2.45, 2.75) is 38.8 Å². The number of carbonyl (C=O) groups excluding carboxylic acids is 1. The van der Waals surface area contributed by atoms with E-state index < -0.39 is 5.60 Å². The van der Waals surface area contributed by atoms with E-state index in [-0.39, 0.29) is 5.91 Å². The summed E-state index contributed by atoms with van der Waals surface area (Å²) in [6.45, 7) is 5.19. The van der Waals surface area contributed by atoms with Gasteiger partial charge in [-0.25, -0.2) is 0 Å². The van der Waals surface area contributed by atoms with Crippen LogP contribution in [0.4, 0.5) is 5.69 Å². The van der Waals surface area contributed by atoms with Gasteiger partial charge in [-0.2, -0.15) is 0 Å². The third-order valence-electron chi connectivity index (χ3n) is 4.11. The van der Waals surface area contributed by atoms with Crippen molar-refractivity contribution in [1.82, 2.24) is 4.90 Å². The molecule has 4 nitrogen and oxygen atoms in total. The van der Waals surface area contributed by atoms with Crippen molar-refractivity contribution in [1.29, 1.82) is 0 Å². The van der Waals surface area contributed by atoms with Crippen LogP contribution in [-0.4, -0.2) is 30.1 Å². The van der Waals surface area contributed by atoms with Crippen LogP contribution in [0.1, 0.15) is 31.4 Å². The lowest BCUT2D eigenvalue weighted by Gasteiger charge is -2.36. The second kappa shape index (κ2) is 5.21. The van der Waals surface area contributed by atoms with E-state index in [1.165, 1.54) is 5.56 Å². The molecule has 2 rings (SSSR count). The minimum Gasteiger partial charge on any atom is -0.399 e. The Balaban J connectivity index is 2.20. The van der Waals surface area contributed by atoms with Gasteiger partial charge in [0.2, 0.25) is 0 Å². The predicted molar refractivity (Wildman–Crippen MR) is 75.7 cm³/mol. The topological polar surface area (TPSA) is 55.6 Å². The number of benzene rings is 1. The average Bonchev–Trinajstić information content (AvgIpc) is 2.44. The van der Waals surface area contributed by atoms with Crippen molar-refractivity contribution >= 4 is 11.6 Å². The summed E-state index contributed by atoms with van der Waals surface area (Å²) in [5, 5.41) is 0. The molecule has 0 radical (unpaired) electrons. The van der Waals surface area contributed by atoms with Gasteiger partial charge in [-0.05, 0) is 43.0 Å². The zero-order valence-electron chi connectivity index (χ0n) is 11.9. The summed E-state index contributed by atoms with van der Waals surface area (Å²) in [5.74, 6) is 0.0607. The standard InChI is InChI=1S/C15H22N2O2/c1-4-15(2,19-3)14(18)17-8-7-11-5-6-13(16)9-12(11)10-17/h5-6,9H,4,7-8,10,16H2,1-3H3. The van der Waals surface area contributed by atoms with Crippen LogP contribution in [0.2, 0.25) is 0 Å². The van der Waals surface area contributed by atoms with E-state index in [9.17, 15) is 4.79 Å². The maximum absolute atomic E-state index is 12.5. The summed E-state index contributed by atoms with van der Waals surface area (Å²) in [6, 6.07) is 5.94. The minimum absolute atomic E-state index is 0.0607. The highest BCUT2D eigenvalue weighted by atomic mass is 16.5. The van der Waals surface area contributed by atoms with Gasteiger partial charge in [-0.3, -0.25) is 4.79 Å². The second-order valence-electron chi connectivity index (χ2n) is 5.29. The fourth-order valence-corrected chi connectivity index (χ4v) is 2.47. The van der Waals surface area contributed by atoms with Gasteiger partial charge in [-0.15, -0.1) is 0 Å². The largest absolute Gasteiger partial charge is 0.399 e. The van der Waals surface area contributed by atoms with Gasteiger partial charge in [0.1, 0.15) is 5.60 Å². The number of fused-ring (bicyclic) bond motifs is 1. The predicted octanol–water partition coefficient (Wildman–Crippen LogP) is 1.97. The molecule has 0 aromatic heterocycles. The zero-order chi connectivity index (χ0) is 14.0. The summed E-state index contributed by atoms with van der Waals surface area (Å²) in [4.78, 5) is 14.4. The quantitative estimate of drug-likeness (QED) is 0.847. The van der Waals surface area contributed by atoms with E-state index in [4.69, 9.17) is 10.5 Å². The molecular weight excluding hydrogens is 240 g/mol. The van der Waals surface area contributed by atoms with Crippen molar-refractivity contribution < 1.29 is 9.53 Å². The van der Waals surface area contributed by atoms with Crippen LogP contribution in [0.5, 0.6) is 0 Å². The number of nitrogens with zero attached hydrogens (tertiary/aromatic N) is 1. The van der Waals surface area contributed by atoms with Gasteiger partial charge in [0, 0.05) is 25.9 Å².